The number of nitrogens with one attached hydrogen (secondary N) is 1. The fourth-order valence-electron chi connectivity index (χ4n) is 4.94. The molecule has 1 saturated heterocycles. The highest BCUT2D eigenvalue weighted by Gasteiger charge is 2.32. The first-order valence-electron chi connectivity index (χ1n) is 12.0. The molecule has 0 aliphatic carbocycles. The van der Waals surface area contributed by atoms with Crippen molar-refractivity contribution in [2.24, 2.45) is 0 Å². The van der Waals surface area contributed by atoms with Crippen LogP contribution >= 0.6 is 11.6 Å². The number of anilines is 1. The second-order valence-corrected chi connectivity index (χ2v) is 9.41. The number of halogens is 3. The van der Waals surface area contributed by atoms with Crippen LogP contribution in [0.1, 0.15) is 24.1 Å². The van der Waals surface area contributed by atoms with Gasteiger partial charge in [-0.25, -0.2) is 13.8 Å². The van der Waals surface area contributed by atoms with Gasteiger partial charge in [-0.05, 0) is 61.0 Å². The van der Waals surface area contributed by atoms with Crippen molar-refractivity contribution < 1.29 is 8.78 Å². The van der Waals surface area contributed by atoms with E-state index in [1.54, 1.807) is 30.6 Å². The number of aromatic nitrogens is 4. The molecule has 36 heavy (non-hydrogen) atoms. The van der Waals surface area contributed by atoms with Gasteiger partial charge in [-0.2, -0.15) is 9.97 Å². The van der Waals surface area contributed by atoms with Crippen molar-refractivity contribution in [3.63, 3.8) is 0 Å². The molecule has 2 aromatic carbocycles. The average molecular weight is 512 g/mol. The van der Waals surface area contributed by atoms with E-state index in [1.165, 1.54) is 24.3 Å². The van der Waals surface area contributed by atoms with Gasteiger partial charge in [0.1, 0.15) is 11.6 Å². The number of imidazole rings is 1. The van der Waals surface area contributed by atoms with Crippen molar-refractivity contribution >= 4 is 28.6 Å². The van der Waals surface area contributed by atoms with Gasteiger partial charge in [0, 0.05) is 38.8 Å². The van der Waals surface area contributed by atoms with Crippen LogP contribution in [0.2, 0.25) is 5.28 Å². The van der Waals surface area contributed by atoms with E-state index in [2.05, 4.69) is 37.0 Å². The van der Waals surface area contributed by atoms with Gasteiger partial charge < -0.3 is 14.8 Å². The van der Waals surface area contributed by atoms with Crippen LogP contribution in [0.25, 0.3) is 11.2 Å². The zero-order chi connectivity index (χ0) is 25.2. The van der Waals surface area contributed by atoms with Crippen LogP contribution in [0.4, 0.5) is 14.6 Å². The summed E-state index contributed by atoms with van der Waals surface area (Å²) < 4.78 is 29.3. The van der Waals surface area contributed by atoms with E-state index in [0.29, 0.717) is 25.3 Å². The highest BCUT2D eigenvalue weighted by atomic mass is 35.5. The molecule has 3 heterocycles. The number of benzene rings is 2. The molecule has 0 saturated carbocycles. The Kier molecular flexibility index (Phi) is 7.13. The molecule has 188 valence electrons. The number of rotatable bonds is 7. The fourth-order valence-corrected chi connectivity index (χ4v) is 5.10. The van der Waals surface area contributed by atoms with Crippen LogP contribution in [0, 0.1) is 11.6 Å². The van der Waals surface area contributed by atoms with Gasteiger partial charge in [0.15, 0.2) is 17.0 Å². The lowest BCUT2D eigenvalue weighted by atomic mass is 9.95. The molecule has 1 fully saturated rings. The van der Waals surface area contributed by atoms with Crippen LogP contribution in [0.3, 0.4) is 0 Å². The highest BCUT2D eigenvalue weighted by Crippen LogP contribution is 2.33. The third-order valence-electron chi connectivity index (χ3n) is 6.69. The van der Waals surface area contributed by atoms with Gasteiger partial charge >= 0.3 is 0 Å². The van der Waals surface area contributed by atoms with Gasteiger partial charge in [-0.3, -0.25) is 4.90 Å². The molecule has 1 atom stereocenters. The Morgan fingerprint density at radius 1 is 1.00 bits per heavy atom. The number of hydrogen-bond donors (Lipinski definition) is 1. The second-order valence-electron chi connectivity index (χ2n) is 9.07. The summed E-state index contributed by atoms with van der Waals surface area (Å²) in [7, 11) is 1.90. The van der Waals surface area contributed by atoms with Crippen LogP contribution in [-0.2, 0) is 6.54 Å². The zero-order valence-corrected chi connectivity index (χ0v) is 21.0. The minimum atomic E-state index is -0.284. The summed E-state index contributed by atoms with van der Waals surface area (Å²) in [5.74, 6) is 0.155. The molecule has 7 nitrogen and oxygen atoms in total. The van der Waals surface area contributed by atoms with E-state index in [9.17, 15) is 8.78 Å². The van der Waals surface area contributed by atoms with Gasteiger partial charge in [0.25, 0.3) is 0 Å². The van der Waals surface area contributed by atoms with Crippen LogP contribution in [0.5, 0.6) is 0 Å². The first-order valence-corrected chi connectivity index (χ1v) is 12.4. The maximum absolute atomic E-state index is 13.7. The molecule has 2 aromatic heterocycles. The van der Waals surface area contributed by atoms with E-state index >= 15 is 0 Å². The lowest BCUT2D eigenvalue weighted by Gasteiger charge is -2.44. The molecule has 0 radical (unpaired) electrons. The van der Waals surface area contributed by atoms with Crippen LogP contribution in [-0.4, -0.2) is 63.7 Å². The van der Waals surface area contributed by atoms with Gasteiger partial charge in [-0.1, -0.05) is 24.3 Å². The molecule has 5 rings (SSSR count). The van der Waals surface area contributed by atoms with Gasteiger partial charge in [0.2, 0.25) is 5.28 Å². The average Bonchev–Trinajstić information content (AvgIpc) is 3.27. The molecular formula is C26H28ClF2N7. The molecule has 1 aliphatic heterocycles. The summed E-state index contributed by atoms with van der Waals surface area (Å²) in [6, 6.07) is 13.0. The van der Waals surface area contributed by atoms with Crippen molar-refractivity contribution in [3.8, 4) is 0 Å². The third-order valence-corrected chi connectivity index (χ3v) is 6.86. The molecule has 0 spiro atoms. The maximum Gasteiger partial charge on any atom is 0.226 e. The number of likely N-dealkylation sites (N-methyl/N-ethyl adjacent to an activating group) is 1. The monoisotopic (exact) mass is 511 g/mol. The maximum atomic E-state index is 13.7. The Morgan fingerprint density at radius 2 is 1.64 bits per heavy atom. The number of piperazine rings is 1. The molecule has 1 unspecified atom stereocenters. The van der Waals surface area contributed by atoms with Crippen molar-refractivity contribution in [2.45, 2.75) is 25.6 Å². The summed E-state index contributed by atoms with van der Waals surface area (Å²) in [6.45, 7) is 5.76. The normalized spacial score (nSPS) is 16.8. The fraction of sp³-hybridized carbons (Fsp3) is 0.346. The smallest absolute Gasteiger partial charge is 0.226 e. The first kappa shape index (κ1) is 24.5. The van der Waals surface area contributed by atoms with E-state index in [-0.39, 0.29) is 29.0 Å². The van der Waals surface area contributed by atoms with E-state index in [1.807, 2.05) is 11.6 Å². The molecule has 0 bridgehead atoms. The lowest BCUT2D eigenvalue weighted by Crippen LogP contribution is -2.53. The Bertz CT molecular complexity index is 1280. The van der Waals surface area contributed by atoms with Crippen molar-refractivity contribution in [3.05, 3.63) is 82.9 Å². The quantitative estimate of drug-likeness (QED) is 0.374. The Hall–Kier alpha value is -3.14. The molecule has 0 amide bonds. The molecule has 1 aliphatic rings. The molecule has 1 N–H and O–H groups in total. The number of fused-ring (bicyclic) bond motifs is 1. The summed E-state index contributed by atoms with van der Waals surface area (Å²) in [4.78, 5) is 18.2. The van der Waals surface area contributed by atoms with Crippen molar-refractivity contribution in [2.75, 3.05) is 38.1 Å². The summed E-state index contributed by atoms with van der Waals surface area (Å²) in [6.07, 6.45) is 1.77. The minimum absolute atomic E-state index is 0.0822. The molecule has 4 aromatic rings. The van der Waals surface area contributed by atoms with E-state index in [4.69, 9.17) is 11.6 Å². The van der Waals surface area contributed by atoms with Gasteiger partial charge in [0.05, 0.1) is 12.4 Å². The predicted octanol–water partition coefficient (Wildman–Crippen LogP) is 4.28. The largest absolute Gasteiger partial charge is 0.349 e. The SMILES string of the molecule is CNCCn1cnc2c(N3CCN(C(c4ccc(F)cc4)c4ccc(F)cc4)CC3C)nc(Cl)nc21. The topological polar surface area (TPSA) is 62.1 Å². The Balaban J connectivity index is 1.44. The predicted molar refractivity (Wildman–Crippen MR) is 137 cm³/mol. The summed E-state index contributed by atoms with van der Waals surface area (Å²) in [5.41, 5.74) is 3.36. The standard InChI is InChI=1S/C26H28ClF2N7/c1-17-15-34(23(18-3-7-20(28)8-4-18)19-5-9-21(29)10-6-19)13-14-36(17)25-22-24(32-26(27)33-25)35(16-31-22)12-11-30-2/h3-10,16-17,23,30H,11-15H2,1-2H3. The van der Waals surface area contributed by atoms with Crippen molar-refractivity contribution in [1.82, 2.24) is 29.7 Å². The van der Waals surface area contributed by atoms with Crippen LogP contribution in [0.15, 0.2) is 54.9 Å². The van der Waals surface area contributed by atoms with Crippen LogP contribution < -0.4 is 10.2 Å². The second kappa shape index (κ2) is 10.5. The van der Waals surface area contributed by atoms with Gasteiger partial charge in [-0.15, -0.1) is 0 Å². The Morgan fingerprint density at radius 3 is 2.22 bits per heavy atom. The summed E-state index contributed by atoms with van der Waals surface area (Å²) >= 11 is 6.34. The minimum Gasteiger partial charge on any atom is -0.349 e. The number of hydrogen-bond acceptors (Lipinski definition) is 6. The highest BCUT2D eigenvalue weighted by molar-refractivity contribution is 6.28. The zero-order valence-electron chi connectivity index (χ0n) is 20.2. The van der Waals surface area contributed by atoms with Crippen molar-refractivity contribution in [1.29, 1.82) is 0 Å². The molecular weight excluding hydrogens is 484 g/mol. The number of nitrogens with zero attached hydrogens (tertiary/aromatic N) is 6. The van der Waals surface area contributed by atoms with E-state index in [0.717, 1.165) is 35.6 Å². The lowest BCUT2D eigenvalue weighted by molar-refractivity contribution is 0.187. The molecule has 10 heteroatoms. The first-order chi connectivity index (χ1) is 17.4. The Labute approximate surface area is 213 Å². The summed E-state index contributed by atoms with van der Waals surface area (Å²) in [5, 5.41) is 3.33. The third kappa shape index (κ3) is 4.91. The van der Waals surface area contributed by atoms with E-state index < -0.39 is 0 Å².